The van der Waals surface area contributed by atoms with E-state index in [2.05, 4.69) is 4.90 Å². The Morgan fingerprint density at radius 3 is 2.27 bits per heavy atom. The Labute approximate surface area is 198 Å². The minimum Gasteiger partial charge on any atom is -0.462 e. The fourth-order valence-electron chi connectivity index (χ4n) is 4.78. The first-order valence-electron chi connectivity index (χ1n) is 11.9. The Hall–Kier alpha value is -2.93. The van der Waals surface area contributed by atoms with Crippen LogP contribution in [0.25, 0.3) is 22.0 Å². The molecule has 33 heavy (non-hydrogen) atoms. The maximum atomic E-state index is 13.6. The van der Waals surface area contributed by atoms with Crippen LogP contribution in [0.2, 0.25) is 0 Å². The highest BCUT2D eigenvalue weighted by atomic mass is 32.1. The van der Waals surface area contributed by atoms with Crippen LogP contribution in [0, 0.1) is 5.92 Å². The summed E-state index contributed by atoms with van der Waals surface area (Å²) in [4.78, 5) is 35.9. The lowest BCUT2D eigenvalue weighted by Crippen LogP contribution is -2.44. The summed E-state index contributed by atoms with van der Waals surface area (Å²) in [5, 5.41) is 0.702. The number of carbonyl (C=O) groups excluding carboxylic acids is 2. The Bertz CT molecular complexity index is 1080. The number of rotatable bonds is 4. The second-order valence-corrected chi connectivity index (χ2v) is 9.85. The van der Waals surface area contributed by atoms with Crippen molar-refractivity contribution in [3.63, 3.8) is 0 Å². The molecule has 0 atom stereocenters. The Balaban J connectivity index is 1.32. The minimum atomic E-state index is -0.00942. The van der Waals surface area contributed by atoms with Crippen molar-refractivity contribution in [2.75, 3.05) is 26.2 Å². The number of thiazole rings is 1. The summed E-state index contributed by atoms with van der Waals surface area (Å²) in [7, 11) is 0. The van der Waals surface area contributed by atoms with E-state index in [1.807, 2.05) is 47.4 Å². The topological polar surface area (TPSA) is 66.7 Å². The second-order valence-electron chi connectivity index (χ2n) is 8.85. The molecule has 0 unspecified atom stereocenters. The van der Waals surface area contributed by atoms with Crippen LogP contribution in [0.3, 0.4) is 0 Å². The van der Waals surface area contributed by atoms with Crippen molar-refractivity contribution in [1.82, 2.24) is 14.8 Å². The van der Waals surface area contributed by atoms with E-state index < -0.39 is 0 Å². The number of carbonyl (C=O) groups is 2. The van der Waals surface area contributed by atoms with E-state index in [9.17, 15) is 9.59 Å². The van der Waals surface area contributed by atoms with E-state index in [-0.39, 0.29) is 17.7 Å². The predicted molar refractivity (Wildman–Crippen MR) is 129 cm³/mol. The molecule has 3 aromatic rings. The molecule has 6 nitrogen and oxygen atoms in total. The van der Waals surface area contributed by atoms with Gasteiger partial charge in [-0.15, -0.1) is 11.3 Å². The van der Waals surface area contributed by atoms with Crippen LogP contribution >= 0.6 is 11.3 Å². The van der Waals surface area contributed by atoms with Gasteiger partial charge in [-0.1, -0.05) is 43.2 Å². The molecule has 0 aliphatic carbocycles. The van der Waals surface area contributed by atoms with Crippen LogP contribution < -0.4 is 0 Å². The highest BCUT2D eigenvalue weighted by Gasteiger charge is 2.32. The molecule has 2 saturated heterocycles. The summed E-state index contributed by atoms with van der Waals surface area (Å²) in [6, 6.07) is 13.5. The van der Waals surface area contributed by atoms with E-state index in [1.165, 1.54) is 24.2 Å². The molecule has 2 aromatic heterocycles. The number of piperidine rings is 1. The van der Waals surface area contributed by atoms with Crippen molar-refractivity contribution in [2.45, 2.75) is 38.5 Å². The van der Waals surface area contributed by atoms with Crippen LogP contribution in [-0.2, 0) is 4.79 Å². The van der Waals surface area contributed by atoms with Crippen LogP contribution in [0.4, 0.5) is 0 Å². The van der Waals surface area contributed by atoms with Crippen molar-refractivity contribution < 1.29 is 14.0 Å². The number of furan rings is 1. The maximum absolute atomic E-state index is 13.6. The molecule has 5 rings (SSSR count). The Kier molecular flexibility index (Phi) is 6.58. The van der Waals surface area contributed by atoms with Gasteiger partial charge in [0.2, 0.25) is 5.91 Å². The third-order valence-corrected chi connectivity index (χ3v) is 7.71. The standard InChI is InChI=1S/C26H29N3O3S/c30-25(28-14-6-1-2-7-15-28)20-12-16-29(17-13-20)26(31)23-22(19-9-4-3-5-10-19)27-24(33-23)21-11-8-18-32-21/h3-5,8-11,18,20H,1-2,6-7,12-17H2. The smallest absolute Gasteiger partial charge is 0.266 e. The molecule has 2 fully saturated rings. The molecule has 1 aromatic carbocycles. The fraction of sp³-hybridized carbons (Fsp3) is 0.423. The van der Waals surface area contributed by atoms with Gasteiger partial charge in [0.05, 0.1) is 12.0 Å². The summed E-state index contributed by atoms with van der Waals surface area (Å²) < 4.78 is 5.54. The van der Waals surface area contributed by atoms with Crippen molar-refractivity contribution in [2.24, 2.45) is 5.92 Å². The second kappa shape index (κ2) is 9.91. The van der Waals surface area contributed by atoms with E-state index in [0.29, 0.717) is 34.4 Å². The average molecular weight is 464 g/mol. The van der Waals surface area contributed by atoms with Crippen molar-refractivity contribution in [3.8, 4) is 22.0 Å². The maximum Gasteiger partial charge on any atom is 0.266 e. The molecule has 2 aliphatic heterocycles. The van der Waals surface area contributed by atoms with Crippen LogP contribution in [0.5, 0.6) is 0 Å². The van der Waals surface area contributed by atoms with Gasteiger partial charge in [-0.25, -0.2) is 4.98 Å². The Morgan fingerprint density at radius 1 is 0.879 bits per heavy atom. The van der Waals surface area contributed by atoms with Gasteiger partial charge in [0.1, 0.15) is 4.88 Å². The first-order valence-corrected chi connectivity index (χ1v) is 12.7. The van der Waals surface area contributed by atoms with Crippen LogP contribution in [-0.4, -0.2) is 52.8 Å². The number of hydrogen-bond acceptors (Lipinski definition) is 5. The van der Waals surface area contributed by atoms with Crippen LogP contribution in [0.15, 0.2) is 53.1 Å². The summed E-state index contributed by atoms with van der Waals surface area (Å²) in [6.07, 6.45) is 7.72. The highest BCUT2D eigenvalue weighted by Crippen LogP contribution is 2.35. The molecule has 2 amide bonds. The zero-order chi connectivity index (χ0) is 22.6. The zero-order valence-electron chi connectivity index (χ0n) is 18.7. The van der Waals surface area contributed by atoms with E-state index >= 15 is 0 Å². The van der Waals surface area contributed by atoms with Crippen molar-refractivity contribution >= 4 is 23.2 Å². The molecule has 0 radical (unpaired) electrons. The molecule has 0 saturated carbocycles. The molecule has 2 aliphatic rings. The van der Waals surface area contributed by atoms with E-state index in [0.717, 1.165) is 44.3 Å². The molecule has 0 bridgehead atoms. The normalized spacial score (nSPS) is 17.7. The van der Waals surface area contributed by atoms with Crippen LogP contribution in [0.1, 0.15) is 48.2 Å². The van der Waals surface area contributed by atoms with Gasteiger partial charge in [0, 0.05) is 37.7 Å². The van der Waals surface area contributed by atoms with E-state index in [1.54, 1.807) is 6.26 Å². The number of hydrogen-bond donors (Lipinski definition) is 0. The first-order chi connectivity index (χ1) is 16.2. The number of benzene rings is 1. The number of likely N-dealkylation sites (tertiary alicyclic amines) is 2. The minimum absolute atomic E-state index is 0.00942. The number of aromatic nitrogens is 1. The van der Waals surface area contributed by atoms with Gasteiger partial charge in [-0.2, -0.15) is 0 Å². The summed E-state index contributed by atoms with van der Waals surface area (Å²) in [6.45, 7) is 2.97. The highest BCUT2D eigenvalue weighted by molar-refractivity contribution is 7.17. The molecular weight excluding hydrogens is 434 g/mol. The molecule has 0 spiro atoms. The molecule has 4 heterocycles. The summed E-state index contributed by atoms with van der Waals surface area (Å²) in [5.41, 5.74) is 1.61. The quantitative estimate of drug-likeness (QED) is 0.525. The van der Waals surface area contributed by atoms with Gasteiger partial charge in [0.25, 0.3) is 5.91 Å². The fourth-order valence-corrected chi connectivity index (χ4v) is 5.81. The molecular formula is C26H29N3O3S. The monoisotopic (exact) mass is 463 g/mol. The van der Waals surface area contributed by atoms with Gasteiger partial charge in [0.15, 0.2) is 10.8 Å². The third-order valence-electron chi connectivity index (χ3n) is 6.65. The zero-order valence-corrected chi connectivity index (χ0v) is 19.6. The number of nitrogens with zero attached hydrogens (tertiary/aromatic N) is 3. The average Bonchev–Trinajstić information content (AvgIpc) is 3.48. The Morgan fingerprint density at radius 2 is 1.61 bits per heavy atom. The van der Waals surface area contributed by atoms with Gasteiger partial charge in [-0.3, -0.25) is 9.59 Å². The van der Waals surface area contributed by atoms with Gasteiger partial charge in [-0.05, 0) is 37.8 Å². The molecule has 7 heteroatoms. The summed E-state index contributed by atoms with van der Waals surface area (Å²) in [5.74, 6) is 0.968. The van der Waals surface area contributed by atoms with E-state index in [4.69, 9.17) is 9.40 Å². The third kappa shape index (κ3) is 4.74. The lowest BCUT2D eigenvalue weighted by atomic mass is 9.95. The lowest BCUT2D eigenvalue weighted by Gasteiger charge is -2.34. The van der Waals surface area contributed by atoms with Crippen molar-refractivity contribution in [3.05, 3.63) is 53.6 Å². The first kappa shape index (κ1) is 21.9. The number of amides is 2. The van der Waals surface area contributed by atoms with Gasteiger partial charge >= 0.3 is 0 Å². The summed E-state index contributed by atoms with van der Waals surface area (Å²) >= 11 is 1.37. The largest absolute Gasteiger partial charge is 0.462 e. The lowest BCUT2D eigenvalue weighted by molar-refractivity contribution is -0.136. The molecule has 172 valence electrons. The van der Waals surface area contributed by atoms with Gasteiger partial charge < -0.3 is 14.2 Å². The SMILES string of the molecule is O=C(c1sc(-c2ccco2)nc1-c1ccccc1)N1CCC(C(=O)N2CCCCCC2)CC1. The molecule has 0 N–H and O–H groups in total. The van der Waals surface area contributed by atoms with Crippen molar-refractivity contribution in [1.29, 1.82) is 0 Å². The predicted octanol–water partition coefficient (Wildman–Crippen LogP) is 5.32.